The zero-order valence-electron chi connectivity index (χ0n) is 14.3. The molecule has 2 aromatic rings. The highest BCUT2D eigenvalue weighted by Gasteiger charge is 2.48. The molecule has 0 unspecified atom stereocenters. The standard InChI is InChI=1S/C17H17N3O5S/c1-10-7-12(18-25-10)9-19(2)16(21)11-3-6-14-15(8-11)26(23,24)20(17(14)22)13-4-5-13/h3,6-8,13H,4-5,9H2,1-2H3. The lowest BCUT2D eigenvalue weighted by molar-refractivity contribution is 0.0780. The van der Waals surface area contributed by atoms with E-state index in [2.05, 4.69) is 5.16 Å². The molecule has 0 N–H and O–H groups in total. The van der Waals surface area contributed by atoms with E-state index in [0.717, 1.165) is 4.31 Å². The summed E-state index contributed by atoms with van der Waals surface area (Å²) in [6.07, 6.45) is 1.37. The molecule has 0 saturated heterocycles. The van der Waals surface area contributed by atoms with Crippen LogP contribution in [0, 0.1) is 6.92 Å². The second-order valence-electron chi connectivity index (χ2n) is 6.64. The van der Waals surface area contributed by atoms with Crippen molar-refractivity contribution in [1.82, 2.24) is 14.4 Å². The van der Waals surface area contributed by atoms with Crippen LogP contribution in [0.4, 0.5) is 0 Å². The summed E-state index contributed by atoms with van der Waals surface area (Å²) in [5.74, 6) is -0.225. The van der Waals surface area contributed by atoms with Crippen molar-refractivity contribution in [2.45, 2.75) is 37.2 Å². The number of benzene rings is 1. The minimum Gasteiger partial charge on any atom is -0.361 e. The number of carbonyl (C=O) groups excluding carboxylic acids is 2. The van der Waals surface area contributed by atoms with E-state index in [4.69, 9.17) is 4.52 Å². The van der Waals surface area contributed by atoms with E-state index in [9.17, 15) is 18.0 Å². The van der Waals surface area contributed by atoms with E-state index < -0.39 is 15.9 Å². The molecule has 1 aliphatic carbocycles. The van der Waals surface area contributed by atoms with E-state index in [1.807, 2.05) is 0 Å². The molecule has 136 valence electrons. The summed E-state index contributed by atoms with van der Waals surface area (Å²) < 4.78 is 31.3. The number of amides is 2. The van der Waals surface area contributed by atoms with Gasteiger partial charge in [0.1, 0.15) is 16.3 Å². The first-order valence-electron chi connectivity index (χ1n) is 8.19. The largest absolute Gasteiger partial charge is 0.361 e. The number of carbonyl (C=O) groups is 2. The molecule has 0 atom stereocenters. The molecule has 26 heavy (non-hydrogen) atoms. The molecule has 0 radical (unpaired) electrons. The van der Waals surface area contributed by atoms with Crippen LogP contribution in [0.1, 0.15) is 45.0 Å². The van der Waals surface area contributed by atoms with Crippen molar-refractivity contribution in [3.8, 4) is 0 Å². The average molecular weight is 375 g/mol. The lowest BCUT2D eigenvalue weighted by Gasteiger charge is -2.16. The van der Waals surface area contributed by atoms with Gasteiger partial charge in [-0.1, -0.05) is 5.16 Å². The SMILES string of the molecule is Cc1cc(CN(C)C(=O)c2ccc3c(c2)S(=O)(=O)N(C2CC2)C3=O)no1. The maximum absolute atomic E-state index is 12.7. The summed E-state index contributed by atoms with van der Waals surface area (Å²) in [4.78, 5) is 26.4. The molecule has 9 heteroatoms. The van der Waals surface area contributed by atoms with Gasteiger partial charge in [-0.25, -0.2) is 12.7 Å². The number of hydrogen-bond donors (Lipinski definition) is 0. The molecular weight excluding hydrogens is 358 g/mol. The Labute approximate surface area is 150 Å². The van der Waals surface area contributed by atoms with Crippen LogP contribution in [0.2, 0.25) is 0 Å². The van der Waals surface area contributed by atoms with Crippen LogP contribution >= 0.6 is 0 Å². The van der Waals surface area contributed by atoms with E-state index >= 15 is 0 Å². The van der Waals surface area contributed by atoms with E-state index in [1.165, 1.54) is 23.1 Å². The highest BCUT2D eigenvalue weighted by molar-refractivity contribution is 7.90. The van der Waals surface area contributed by atoms with Crippen molar-refractivity contribution in [3.63, 3.8) is 0 Å². The normalized spacial score (nSPS) is 18.1. The fourth-order valence-electron chi connectivity index (χ4n) is 3.08. The molecule has 4 rings (SSSR count). The second-order valence-corrected chi connectivity index (χ2v) is 8.42. The van der Waals surface area contributed by atoms with Crippen molar-refractivity contribution in [1.29, 1.82) is 0 Å². The van der Waals surface area contributed by atoms with Gasteiger partial charge in [-0.2, -0.15) is 0 Å². The lowest BCUT2D eigenvalue weighted by atomic mass is 10.1. The first-order valence-corrected chi connectivity index (χ1v) is 9.63. The number of fused-ring (bicyclic) bond motifs is 1. The van der Waals surface area contributed by atoms with Gasteiger partial charge in [0.2, 0.25) is 0 Å². The summed E-state index contributed by atoms with van der Waals surface area (Å²) in [5.41, 5.74) is 0.936. The fraction of sp³-hybridized carbons (Fsp3) is 0.353. The third-order valence-corrected chi connectivity index (χ3v) is 6.37. The van der Waals surface area contributed by atoms with Gasteiger partial charge < -0.3 is 9.42 Å². The van der Waals surface area contributed by atoms with Gasteiger partial charge in [0.15, 0.2) is 0 Å². The van der Waals surface area contributed by atoms with Crippen molar-refractivity contribution >= 4 is 21.8 Å². The Kier molecular flexibility index (Phi) is 3.65. The molecule has 8 nitrogen and oxygen atoms in total. The zero-order chi connectivity index (χ0) is 18.6. The summed E-state index contributed by atoms with van der Waals surface area (Å²) >= 11 is 0. The van der Waals surface area contributed by atoms with Crippen LogP contribution in [0.3, 0.4) is 0 Å². The Balaban J connectivity index is 1.62. The van der Waals surface area contributed by atoms with Crippen LogP contribution < -0.4 is 0 Å². The third kappa shape index (κ3) is 2.59. The maximum Gasteiger partial charge on any atom is 0.269 e. The monoisotopic (exact) mass is 375 g/mol. The van der Waals surface area contributed by atoms with Crippen LogP contribution in [0.15, 0.2) is 33.7 Å². The molecule has 0 bridgehead atoms. The Morgan fingerprint density at radius 2 is 2.08 bits per heavy atom. The van der Waals surface area contributed by atoms with Gasteiger partial charge in [-0.3, -0.25) is 9.59 Å². The van der Waals surface area contributed by atoms with E-state index in [0.29, 0.717) is 24.3 Å². The van der Waals surface area contributed by atoms with E-state index in [1.54, 1.807) is 20.0 Å². The molecular formula is C17H17N3O5S. The molecule has 1 fully saturated rings. The Hall–Kier alpha value is -2.68. The summed E-state index contributed by atoms with van der Waals surface area (Å²) in [6, 6.07) is 5.66. The highest BCUT2D eigenvalue weighted by atomic mass is 32.2. The molecule has 1 aromatic carbocycles. The van der Waals surface area contributed by atoms with Crippen LogP contribution in [0.25, 0.3) is 0 Å². The maximum atomic E-state index is 12.7. The Bertz CT molecular complexity index is 1020. The number of hydrogen-bond acceptors (Lipinski definition) is 6. The van der Waals surface area contributed by atoms with E-state index in [-0.39, 0.29) is 34.5 Å². The fourth-order valence-corrected chi connectivity index (χ4v) is 4.92. The van der Waals surface area contributed by atoms with Crippen LogP contribution in [-0.4, -0.2) is 47.7 Å². The number of aromatic nitrogens is 1. The number of rotatable bonds is 4. The van der Waals surface area contributed by atoms with Gasteiger partial charge in [0, 0.05) is 24.7 Å². The van der Waals surface area contributed by atoms with Gasteiger partial charge in [0.25, 0.3) is 21.8 Å². The Morgan fingerprint density at radius 1 is 1.35 bits per heavy atom. The van der Waals surface area contributed by atoms with Gasteiger partial charge >= 0.3 is 0 Å². The minimum atomic E-state index is -3.88. The molecule has 1 saturated carbocycles. The quantitative estimate of drug-likeness (QED) is 0.804. The lowest BCUT2D eigenvalue weighted by Crippen LogP contribution is -2.32. The van der Waals surface area contributed by atoms with Gasteiger partial charge in [-0.15, -0.1) is 0 Å². The molecule has 2 heterocycles. The molecule has 2 amide bonds. The van der Waals surface area contributed by atoms with Gasteiger partial charge in [0.05, 0.1) is 12.1 Å². The predicted octanol–water partition coefficient (Wildman–Crippen LogP) is 1.56. The smallest absolute Gasteiger partial charge is 0.269 e. The average Bonchev–Trinajstić information content (AvgIpc) is 3.30. The van der Waals surface area contributed by atoms with Crippen molar-refractivity contribution in [2.24, 2.45) is 0 Å². The predicted molar refractivity (Wildman–Crippen MR) is 89.9 cm³/mol. The van der Waals surface area contributed by atoms with Crippen LogP contribution in [0.5, 0.6) is 0 Å². The van der Waals surface area contributed by atoms with Crippen molar-refractivity contribution in [2.75, 3.05) is 7.05 Å². The number of sulfonamides is 1. The highest BCUT2D eigenvalue weighted by Crippen LogP contribution is 2.39. The minimum absolute atomic E-state index is 0.0917. The molecule has 2 aliphatic rings. The summed E-state index contributed by atoms with van der Waals surface area (Å²) in [5, 5.41) is 3.84. The Morgan fingerprint density at radius 3 is 2.69 bits per heavy atom. The topological polar surface area (TPSA) is 101 Å². The van der Waals surface area contributed by atoms with Crippen LogP contribution in [-0.2, 0) is 16.6 Å². The molecule has 1 aromatic heterocycles. The molecule has 0 spiro atoms. The van der Waals surface area contributed by atoms with Crippen molar-refractivity contribution in [3.05, 3.63) is 46.8 Å². The number of nitrogens with zero attached hydrogens (tertiary/aromatic N) is 3. The van der Waals surface area contributed by atoms with Crippen molar-refractivity contribution < 1.29 is 22.5 Å². The third-order valence-electron chi connectivity index (χ3n) is 4.50. The summed E-state index contributed by atoms with van der Waals surface area (Å²) in [6.45, 7) is 1.99. The number of aryl methyl sites for hydroxylation is 1. The zero-order valence-corrected chi connectivity index (χ0v) is 15.1. The summed E-state index contributed by atoms with van der Waals surface area (Å²) in [7, 11) is -2.29. The second kappa shape index (κ2) is 5.66. The van der Waals surface area contributed by atoms with Gasteiger partial charge in [-0.05, 0) is 38.0 Å². The first kappa shape index (κ1) is 16.8. The first-order chi connectivity index (χ1) is 12.3. The molecule has 1 aliphatic heterocycles.